The summed E-state index contributed by atoms with van der Waals surface area (Å²) in [6, 6.07) is 0.764. The molecule has 1 amide bonds. The summed E-state index contributed by atoms with van der Waals surface area (Å²) in [5.74, 6) is 1.08. The highest BCUT2D eigenvalue weighted by atomic mass is 16.1. The van der Waals surface area contributed by atoms with Gasteiger partial charge >= 0.3 is 0 Å². The number of nitrogens with two attached hydrogens (primary N) is 1. The summed E-state index contributed by atoms with van der Waals surface area (Å²) in [5, 5.41) is 3.00. The molecular formula is C14H29N3O. The van der Waals surface area contributed by atoms with E-state index in [-0.39, 0.29) is 5.91 Å². The number of carbonyl (C=O) groups excluding carboxylic acids is 1. The summed E-state index contributed by atoms with van der Waals surface area (Å²) < 4.78 is 0. The second-order valence-electron chi connectivity index (χ2n) is 6.00. The fraction of sp³-hybridized carbons (Fsp3) is 0.929. The zero-order valence-corrected chi connectivity index (χ0v) is 12.1. The van der Waals surface area contributed by atoms with Crippen LogP contribution in [0.2, 0.25) is 0 Å². The Bertz CT molecular complexity index is 251. The van der Waals surface area contributed by atoms with Crippen molar-refractivity contribution in [3.63, 3.8) is 0 Å². The maximum absolute atomic E-state index is 11.8. The van der Waals surface area contributed by atoms with Gasteiger partial charge in [0, 0.05) is 25.6 Å². The van der Waals surface area contributed by atoms with E-state index in [1.165, 1.54) is 12.8 Å². The predicted octanol–water partition coefficient (Wildman–Crippen LogP) is 1.21. The van der Waals surface area contributed by atoms with Crippen LogP contribution in [0.1, 0.15) is 39.5 Å². The van der Waals surface area contributed by atoms with E-state index < -0.39 is 0 Å². The molecule has 18 heavy (non-hydrogen) atoms. The van der Waals surface area contributed by atoms with Crippen molar-refractivity contribution in [1.82, 2.24) is 10.2 Å². The SMILES string of the molecule is CC(C)C[C@H](CN)CC(=O)NCCN(C)C1CC1. The summed E-state index contributed by atoms with van der Waals surface area (Å²) in [4.78, 5) is 14.1. The van der Waals surface area contributed by atoms with Crippen molar-refractivity contribution in [3.05, 3.63) is 0 Å². The third kappa shape index (κ3) is 6.36. The molecule has 0 saturated heterocycles. The molecule has 0 heterocycles. The monoisotopic (exact) mass is 255 g/mol. The lowest BCUT2D eigenvalue weighted by molar-refractivity contribution is -0.122. The van der Waals surface area contributed by atoms with E-state index in [0.29, 0.717) is 24.8 Å². The largest absolute Gasteiger partial charge is 0.355 e. The molecule has 0 aromatic rings. The minimum atomic E-state index is 0.148. The molecule has 1 saturated carbocycles. The average molecular weight is 255 g/mol. The van der Waals surface area contributed by atoms with Crippen molar-refractivity contribution in [2.75, 3.05) is 26.7 Å². The van der Waals surface area contributed by atoms with Crippen LogP contribution < -0.4 is 11.1 Å². The average Bonchev–Trinajstić information content (AvgIpc) is 3.11. The van der Waals surface area contributed by atoms with Crippen LogP contribution in [0, 0.1) is 11.8 Å². The van der Waals surface area contributed by atoms with Gasteiger partial charge in [-0.15, -0.1) is 0 Å². The van der Waals surface area contributed by atoms with Gasteiger partial charge in [-0.1, -0.05) is 13.8 Å². The molecule has 1 atom stereocenters. The van der Waals surface area contributed by atoms with E-state index in [4.69, 9.17) is 5.73 Å². The molecule has 0 bridgehead atoms. The Morgan fingerprint density at radius 2 is 2.11 bits per heavy atom. The molecule has 1 fully saturated rings. The first-order valence-corrected chi connectivity index (χ1v) is 7.20. The Labute approximate surface area is 111 Å². The van der Waals surface area contributed by atoms with E-state index in [1.54, 1.807) is 0 Å². The third-order valence-corrected chi connectivity index (χ3v) is 3.57. The molecule has 0 unspecified atom stereocenters. The quantitative estimate of drug-likeness (QED) is 0.651. The molecule has 106 valence electrons. The summed E-state index contributed by atoms with van der Waals surface area (Å²) in [5.41, 5.74) is 5.71. The summed E-state index contributed by atoms with van der Waals surface area (Å²) in [6.45, 7) is 6.66. The van der Waals surface area contributed by atoms with Crippen LogP contribution in [0.5, 0.6) is 0 Å². The Morgan fingerprint density at radius 1 is 1.44 bits per heavy atom. The number of hydrogen-bond acceptors (Lipinski definition) is 3. The van der Waals surface area contributed by atoms with E-state index in [1.807, 2.05) is 0 Å². The number of carbonyl (C=O) groups is 1. The molecule has 1 rings (SSSR count). The molecule has 0 aromatic carbocycles. The molecule has 3 N–H and O–H groups in total. The molecule has 4 nitrogen and oxygen atoms in total. The summed E-state index contributed by atoms with van der Waals surface area (Å²) in [7, 11) is 2.13. The number of amides is 1. The Morgan fingerprint density at radius 3 is 2.61 bits per heavy atom. The molecular weight excluding hydrogens is 226 g/mol. The first-order chi connectivity index (χ1) is 8.52. The van der Waals surface area contributed by atoms with Gasteiger partial charge in [0.1, 0.15) is 0 Å². The van der Waals surface area contributed by atoms with Crippen LogP contribution in [-0.2, 0) is 4.79 Å². The van der Waals surface area contributed by atoms with E-state index >= 15 is 0 Å². The third-order valence-electron chi connectivity index (χ3n) is 3.57. The summed E-state index contributed by atoms with van der Waals surface area (Å²) >= 11 is 0. The van der Waals surface area contributed by atoms with Crippen LogP contribution in [0.15, 0.2) is 0 Å². The minimum absolute atomic E-state index is 0.148. The lowest BCUT2D eigenvalue weighted by Gasteiger charge is -2.18. The highest BCUT2D eigenvalue weighted by molar-refractivity contribution is 5.76. The van der Waals surface area contributed by atoms with Gasteiger partial charge in [0.05, 0.1) is 0 Å². The smallest absolute Gasteiger partial charge is 0.220 e. The number of nitrogens with one attached hydrogen (secondary N) is 1. The van der Waals surface area contributed by atoms with Gasteiger partial charge in [0.25, 0.3) is 0 Å². The van der Waals surface area contributed by atoms with Crippen molar-refractivity contribution < 1.29 is 4.79 Å². The van der Waals surface area contributed by atoms with Gasteiger partial charge in [-0.05, 0) is 44.7 Å². The first-order valence-electron chi connectivity index (χ1n) is 7.20. The van der Waals surface area contributed by atoms with Gasteiger partial charge in [-0.2, -0.15) is 0 Å². The Hall–Kier alpha value is -0.610. The molecule has 4 heteroatoms. The zero-order chi connectivity index (χ0) is 13.5. The first kappa shape index (κ1) is 15.4. The number of nitrogens with zero attached hydrogens (tertiary/aromatic N) is 1. The Balaban J connectivity index is 2.11. The standard InChI is InChI=1S/C14H29N3O/c1-11(2)8-12(10-15)9-14(18)16-6-7-17(3)13-4-5-13/h11-13H,4-10,15H2,1-3H3,(H,16,18)/t12-/m0/s1. The zero-order valence-electron chi connectivity index (χ0n) is 12.1. The maximum atomic E-state index is 11.8. The fourth-order valence-electron chi connectivity index (χ4n) is 2.33. The molecule has 0 radical (unpaired) electrons. The minimum Gasteiger partial charge on any atom is -0.355 e. The normalized spacial score (nSPS) is 17.2. The van der Waals surface area contributed by atoms with Gasteiger partial charge in [0.15, 0.2) is 0 Å². The van der Waals surface area contributed by atoms with Gasteiger partial charge < -0.3 is 16.0 Å². The van der Waals surface area contributed by atoms with Crippen molar-refractivity contribution in [2.45, 2.75) is 45.6 Å². The number of rotatable bonds is 9. The number of hydrogen-bond donors (Lipinski definition) is 2. The second kappa shape index (κ2) is 7.74. The van der Waals surface area contributed by atoms with Crippen LogP contribution in [0.4, 0.5) is 0 Å². The van der Waals surface area contributed by atoms with Crippen LogP contribution in [0.25, 0.3) is 0 Å². The van der Waals surface area contributed by atoms with Crippen LogP contribution >= 0.6 is 0 Å². The predicted molar refractivity (Wildman–Crippen MR) is 75.3 cm³/mol. The molecule has 1 aliphatic carbocycles. The van der Waals surface area contributed by atoms with E-state index in [2.05, 4.69) is 31.1 Å². The van der Waals surface area contributed by atoms with Crippen molar-refractivity contribution >= 4 is 5.91 Å². The lowest BCUT2D eigenvalue weighted by atomic mass is 9.94. The highest BCUT2D eigenvalue weighted by Crippen LogP contribution is 2.24. The summed E-state index contributed by atoms with van der Waals surface area (Å²) in [6.07, 6.45) is 4.23. The van der Waals surface area contributed by atoms with Gasteiger partial charge in [-0.25, -0.2) is 0 Å². The second-order valence-corrected chi connectivity index (χ2v) is 6.00. The number of likely N-dealkylation sites (N-methyl/N-ethyl adjacent to an activating group) is 1. The van der Waals surface area contributed by atoms with Gasteiger partial charge in [0.2, 0.25) is 5.91 Å². The van der Waals surface area contributed by atoms with Crippen LogP contribution in [0.3, 0.4) is 0 Å². The maximum Gasteiger partial charge on any atom is 0.220 e. The molecule has 0 spiro atoms. The van der Waals surface area contributed by atoms with E-state index in [9.17, 15) is 4.79 Å². The topological polar surface area (TPSA) is 58.4 Å². The lowest BCUT2D eigenvalue weighted by Crippen LogP contribution is -2.35. The molecule has 1 aliphatic rings. The van der Waals surface area contributed by atoms with Crippen molar-refractivity contribution in [1.29, 1.82) is 0 Å². The van der Waals surface area contributed by atoms with Crippen molar-refractivity contribution in [3.8, 4) is 0 Å². The molecule has 0 aliphatic heterocycles. The van der Waals surface area contributed by atoms with Crippen molar-refractivity contribution in [2.24, 2.45) is 17.6 Å². The van der Waals surface area contributed by atoms with E-state index in [0.717, 1.165) is 25.6 Å². The van der Waals surface area contributed by atoms with Gasteiger partial charge in [-0.3, -0.25) is 4.79 Å². The molecule has 0 aromatic heterocycles. The van der Waals surface area contributed by atoms with Crippen LogP contribution in [-0.4, -0.2) is 43.5 Å². The Kier molecular flexibility index (Phi) is 6.65. The fourth-order valence-corrected chi connectivity index (χ4v) is 2.33. The highest BCUT2D eigenvalue weighted by Gasteiger charge is 2.25.